The van der Waals surface area contributed by atoms with Crippen LogP contribution in [0.25, 0.3) is 11.0 Å². The summed E-state index contributed by atoms with van der Waals surface area (Å²) in [5.74, 6) is 0.931. The number of nitrogens with one attached hydrogen (secondary N) is 1. The molecule has 0 saturated heterocycles. The van der Waals surface area contributed by atoms with Gasteiger partial charge in [0.2, 0.25) is 0 Å². The van der Waals surface area contributed by atoms with Gasteiger partial charge in [0.15, 0.2) is 0 Å². The molecule has 0 amide bonds. The largest absolute Gasteiger partial charge is 0.397 e. The lowest BCUT2D eigenvalue weighted by molar-refractivity contribution is 1.04. The quantitative estimate of drug-likeness (QED) is 0.712. The van der Waals surface area contributed by atoms with Gasteiger partial charge in [-0.25, -0.2) is 4.98 Å². The van der Waals surface area contributed by atoms with Gasteiger partial charge >= 0.3 is 0 Å². The van der Waals surface area contributed by atoms with Crippen LogP contribution in [0.2, 0.25) is 0 Å². The Morgan fingerprint density at radius 1 is 1.17 bits per heavy atom. The van der Waals surface area contributed by atoms with Crippen LogP contribution in [0.3, 0.4) is 0 Å². The van der Waals surface area contributed by atoms with Gasteiger partial charge < -0.3 is 10.7 Å². The van der Waals surface area contributed by atoms with E-state index in [1.165, 1.54) is 5.56 Å². The summed E-state index contributed by atoms with van der Waals surface area (Å²) < 4.78 is 1.08. The number of aromatic amines is 1. The zero-order chi connectivity index (χ0) is 12.5. The number of para-hydroxylation sites is 1. The summed E-state index contributed by atoms with van der Waals surface area (Å²) in [5.41, 5.74) is 9.66. The number of hydrogen-bond donors (Lipinski definition) is 2. The Labute approximate surface area is 113 Å². The van der Waals surface area contributed by atoms with Crippen molar-refractivity contribution in [1.82, 2.24) is 9.97 Å². The van der Waals surface area contributed by atoms with Gasteiger partial charge in [0.05, 0.1) is 11.2 Å². The summed E-state index contributed by atoms with van der Waals surface area (Å²) in [7, 11) is 0. The van der Waals surface area contributed by atoms with Gasteiger partial charge in [-0.1, -0.05) is 34.1 Å². The third-order valence-corrected chi connectivity index (χ3v) is 3.35. The van der Waals surface area contributed by atoms with Gasteiger partial charge in [0, 0.05) is 10.9 Å². The Kier molecular flexibility index (Phi) is 2.80. The first kappa shape index (κ1) is 11.3. The minimum Gasteiger partial charge on any atom is -0.397 e. The van der Waals surface area contributed by atoms with Crippen molar-refractivity contribution in [2.45, 2.75) is 6.42 Å². The van der Waals surface area contributed by atoms with Gasteiger partial charge in [-0.2, -0.15) is 0 Å². The molecule has 0 aliphatic heterocycles. The van der Waals surface area contributed by atoms with Crippen LogP contribution >= 0.6 is 15.9 Å². The molecule has 0 spiro atoms. The van der Waals surface area contributed by atoms with E-state index >= 15 is 0 Å². The standard InChI is InChI=1S/C14H12BrN3/c15-10-4-1-3-9(7-10)8-13-17-12-6-2-5-11(16)14(12)18-13/h1-7H,8,16H2,(H,17,18). The first-order valence-electron chi connectivity index (χ1n) is 5.70. The molecular formula is C14H12BrN3. The number of nitrogens with zero attached hydrogens (tertiary/aromatic N) is 1. The molecule has 0 radical (unpaired) electrons. The Morgan fingerprint density at radius 3 is 2.78 bits per heavy atom. The van der Waals surface area contributed by atoms with Crippen molar-refractivity contribution in [3.05, 3.63) is 58.3 Å². The molecule has 0 saturated carbocycles. The van der Waals surface area contributed by atoms with Crippen LogP contribution < -0.4 is 5.73 Å². The van der Waals surface area contributed by atoms with E-state index in [2.05, 4.69) is 38.0 Å². The number of H-pyrrole nitrogens is 1. The number of rotatable bonds is 2. The van der Waals surface area contributed by atoms with Crippen LogP contribution in [0.5, 0.6) is 0 Å². The van der Waals surface area contributed by atoms with Gasteiger partial charge in [0.1, 0.15) is 11.3 Å². The maximum absolute atomic E-state index is 5.90. The molecule has 4 heteroatoms. The van der Waals surface area contributed by atoms with E-state index in [-0.39, 0.29) is 0 Å². The first-order valence-corrected chi connectivity index (χ1v) is 6.49. The smallest absolute Gasteiger partial charge is 0.111 e. The molecule has 3 aromatic rings. The number of hydrogen-bond acceptors (Lipinski definition) is 2. The molecule has 18 heavy (non-hydrogen) atoms. The molecule has 3 N–H and O–H groups in total. The van der Waals surface area contributed by atoms with Crippen molar-refractivity contribution >= 4 is 32.7 Å². The number of fused-ring (bicyclic) bond motifs is 1. The lowest BCUT2D eigenvalue weighted by Crippen LogP contribution is -1.90. The number of benzene rings is 2. The molecule has 0 atom stereocenters. The summed E-state index contributed by atoms with van der Waals surface area (Å²) >= 11 is 3.47. The zero-order valence-electron chi connectivity index (χ0n) is 9.65. The van der Waals surface area contributed by atoms with Gasteiger partial charge in [0.25, 0.3) is 0 Å². The van der Waals surface area contributed by atoms with E-state index in [1.807, 2.05) is 30.3 Å². The monoisotopic (exact) mass is 301 g/mol. The van der Waals surface area contributed by atoms with Crippen LogP contribution in [0, 0.1) is 0 Å². The molecule has 1 heterocycles. The molecule has 0 unspecified atom stereocenters. The molecule has 3 nitrogen and oxygen atoms in total. The van der Waals surface area contributed by atoms with E-state index < -0.39 is 0 Å². The topological polar surface area (TPSA) is 54.7 Å². The third kappa shape index (κ3) is 2.11. The van der Waals surface area contributed by atoms with Crippen LogP contribution in [-0.4, -0.2) is 9.97 Å². The highest BCUT2D eigenvalue weighted by Crippen LogP contribution is 2.20. The number of aromatic nitrogens is 2. The maximum Gasteiger partial charge on any atom is 0.111 e. The summed E-state index contributed by atoms with van der Waals surface area (Å²) in [6.07, 6.45) is 0.771. The lowest BCUT2D eigenvalue weighted by Gasteiger charge is -1.98. The van der Waals surface area contributed by atoms with E-state index in [9.17, 15) is 0 Å². The SMILES string of the molecule is Nc1cccc2[nH]c(Cc3cccc(Br)c3)nc12. The number of nitrogen functional groups attached to an aromatic ring is 1. The Balaban J connectivity index is 1.98. The number of imidazole rings is 1. The third-order valence-electron chi connectivity index (χ3n) is 2.85. The second-order valence-corrected chi connectivity index (χ2v) is 5.15. The predicted octanol–water partition coefficient (Wildman–Crippen LogP) is 3.50. The van der Waals surface area contributed by atoms with Crippen molar-refractivity contribution < 1.29 is 0 Å². The van der Waals surface area contributed by atoms with E-state index in [0.717, 1.165) is 27.8 Å². The van der Waals surface area contributed by atoms with Crippen molar-refractivity contribution in [3.8, 4) is 0 Å². The predicted molar refractivity (Wildman–Crippen MR) is 77.5 cm³/mol. The number of nitrogens with two attached hydrogens (primary N) is 1. The summed E-state index contributed by atoms with van der Waals surface area (Å²) in [6.45, 7) is 0. The summed E-state index contributed by atoms with van der Waals surface area (Å²) in [4.78, 5) is 7.84. The fourth-order valence-corrected chi connectivity index (χ4v) is 2.48. The average molecular weight is 302 g/mol. The van der Waals surface area contributed by atoms with Gasteiger partial charge in [-0.3, -0.25) is 0 Å². The zero-order valence-corrected chi connectivity index (χ0v) is 11.2. The Hall–Kier alpha value is -1.81. The molecule has 2 aromatic carbocycles. The fraction of sp³-hybridized carbons (Fsp3) is 0.0714. The summed E-state index contributed by atoms with van der Waals surface area (Å²) in [6, 6.07) is 14.0. The molecule has 0 aliphatic carbocycles. The summed E-state index contributed by atoms with van der Waals surface area (Å²) in [5, 5.41) is 0. The van der Waals surface area contributed by atoms with Crippen molar-refractivity contribution in [1.29, 1.82) is 0 Å². The number of halogens is 1. The molecule has 0 fully saturated rings. The van der Waals surface area contributed by atoms with Gasteiger partial charge in [-0.05, 0) is 29.8 Å². The first-order chi connectivity index (χ1) is 8.72. The fourth-order valence-electron chi connectivity index (χ4n) is 2.03. The number of anilines is 1. The van der Waals surface area contributed by atoms with Crippen molar-refractivity contribution in [2.75, 3.05) is 5.73 Å². The van der Waals surface area contributed by atoms with Crippen LogP contribution in [-0.2, 0) is 6.42 Å². The molecule has 0 aliphatic rings. The molecular weight excluding hydrogens is 290 g/mol. The second kappa shape index (κ2) is 4.46. The average Bonchev–Trinajstić information content (AvgIpc) is 2.73. The van der Waals surface area contributed by atoms with Crippen LogP contribution in [0.15, 0.2) is 46.9 Å². The Morgan fingerprint density at radius 2 is 2.00 bits per heavy atom. The van der Waals surface area contributed by atoms with E-state index in [0.29, 0.717) is 5.69 Å². The highest BCUT2D eigenvalue weighted by Gasteiger charge is 2.06. The molecule has 1 aromatic heterocycles. The highest BCUT2D eigenvalue weighted by atomic mass is 79.9. The highest BCUT2D eigenvalue weighted by molar-refractivity contribution is 9.10. The van der Waals surface area contributed by atoms with E-state index in [1.54, 1.807) is 0 Å². The van der Waals surface area contributed by atoms with Crippen LogP contribution in [0.4, 0.5) is 5.69 Å². The molecule has 3 rings (SSSR count). The van der Waals surface area contributed by atoms with Crippen LogP contribution in [0.1, 0.15) is 11.4 Å². The lowest BCUT2D eigenvalue weighted by atomic mass is 10.1. The van der Waals surface area contributed by atoms with Crippen molar-refractivity contribution in [2.24, 2.45) is 0 Å². The minimum atomic E-state index is 0.712. The normalized spacial score (nSPS) is 10.9. The molecule has 90 valence electrons. The van der Waals surface area contributed by atoms with Gasteiger partial charge in [-0.15, -0.1) is 0 Å². The van der Waals surface area contributed by atoms with Crippen molar-refractivity contribution in [3.63, 3.8) is 0 Å². The minimum absolute atomic E-state index is 0.712. The van der Waals surface area contributed by atoms with E-state index in [4.69, 9.17) is 5.73 Å². The Bertz CT molecular complexity index is 703. The molecule has 0 bridgehead atoms. The maximum atomic E-state index is 5.90. The second-order valence-electron chi connectivity index (χ2n) is 4.23.